The number of nitrogens with zero attached hydrogens (tertiary/aromatic N) is 6. The number of hydrogen-bond donors (Lipinski definition) is 1. The average Bonchev–Trinajstić information content (AvgIpc) is 3.49. The van der Waals surface area contributed by atoms with Gasteiger partial charge in [0.05, 0.1) is 52.5 Å². The summed E-state index contributed by atoms with van der Waals surface area (Å²) in [6.07, 6.45) is 6.58. The number of benzene rings is 1. The zero-order valence-corrected chi connectivity index (χ0v) is 23.8. The molecule has 0 bridgehead atoms. The highest BCUT2D eigenvalue weighted by atomic mass is 35.5. The number of carbonyl (C=O) groups is 1. The van der Waals surface area contributed by atoms with Gasteiger partial charge in [-0.2, -0.15) is 0 Å². The molecule has 200 valence electrons. The van der Waals surface area contributed by atoms with Gasteiger partial charge in [-0.1, -0.05) is 23.4 Å². The monoisotopic (exact) mass is 571 g/mol. The van der Waals surface area contributed by atoms with E-state index < -0.39 is 0 Å². The van der Waals surface area contributed by atoms with Crippen LogP contribution in [0.25, 0.3) is 0 Å². The molecule has 0 radical (unpaired) electrons. The number of aliphatic imine (C=N–C) groups is 1. The molecular formula is C26H30ClN7O2S2. The summed E-state index contributed by atoms with van der Waals surface area (Å²) in [5.41, 5.74) is 10.5. The topological polar surface area (TPSA) is 110 Å². The Kier molecular flexibility index (Phi) is 8.01. The lowest BCUT2D eigenvalue weighted by Crippen LogP contribution is -2.44. The molecule has 1 aliphatic carbocycles. The molecule has 1 amide bonds. The largest absolute Gasteiger partial charge is 0.383 e. The van der Waals surface area contributed by atoms with Crippen molar-refractivity contribution in [1.82, 2.24) is 19.9 Å². The van der Waals surface area contributed by atoms with Gasteiger partial charge < -0.3 is 20.3 Å². The van der Waals surface area contributed by atoms with Crippen molar-refractivity contribution in [3.05, 3.63) is 51.2 Å². The second kappa shape index (κ2) is 11.3. The Bertz CT molecular complexity index is 1330. The van der Waals surface area contributed by atoms with Gasteiger partial charge in [-0.15, -0.1) is 11.3 Å². The predicted octanol–water partition coefficient (Wildman–Crippen LogP) is 4.63. The molecule has 2 aliphatic rings. The number of aromatic nitrogens is 3. The highest BCUT2D eigenvalue weighted by Gasteiger charge is 2.47. The number of hydrogen-bond acceptors (Lipinski definition) is 10. The first-order valence-corrected chi connectivity index (χ1v) is 14.4. The molecule has 1 atom stereocenters. The van der Waals surface area contributed by atoms with E-state index in [9.17, 15) is 4.79 Å². The Labute approximate surface area is 235 Å². The van der Waals surface area contributed by atoms with E-state index in [1.807, 2.05) is 11.6 Å². The highest BCUT2D eigenvalue weighted by Crippen LogP contribution is 2.51. The third-order valence-corrected chi connectivity index (χ3v) is 9.83. The van der Waals surface area contributed by atoms with Crippen molar-refractivity contribution in [3.63, 3.8) is 0 Å². The first kappa shape index (κ1) is 27.0. The predicted molar refractivity (Wildman–Crippen MR) is 152 cm³/mol. The van der Waals surface area contributed by atoms with Gasteiger partial charge in [0.15, 0.2) is 0 Å². The van der Waals surface area contributed by atoms with Crippen LogP contribution >= 0.6 is 34.7 Å². The molecule has 38 heavy (non-hydrogen) atoms. The number of anilines is 1. The van der Waals surface area contributed by atoms with E-state index in [1.165, 1.54) is 16.6 Å². The Morgan fingerprint density at radius 1 is 1.34 bits per heavy atom. The lowest BCUT2D eigenvalue weighted by atomic mass is 9.73. The zero-order chi connectivity index (χ0) is 26.9. The summed E-state index contributed by atoms with van der Waals surface area (Å²) in [7, 11) is 3.29. The first-order chi connectivity index (χ1) is 18.4. The van der Waals surface area contributed by atoms with Crippen LogP contribution in [0.2, 0.25) is 5.02 Å². The van der Waals surface area contributed by atoms with Crippen LogP contribution in [0.1, 0.15) is 39.8 Å². The molecule has 0 saturated carbocycles. The molecule has 1 aliphatic heterocycles. The molecule has 3 heterocycles. The normalized spacial score (nSPS) is 18.0. The number of nitrogens with two attached hydrogens (primary N) is 1. The van der Waals surface area contributed by atoms with Crippen LogP contribution in [-0.4, -0.2) is 72.9 Å². The van der Waals surface area contributed by atoms with Crippen LogP contribution in [0, 0.1) is 5.41 Å². The quantitative estimate of drug-likeness (QED) is 0.390. The van der Waals surface area contributed by atoms with Crippen molar-refractivity contribution in [2.75, 3.05) is 45.3 Å². The summed E-state index contributed by atoms with van der Waals surface area (Å²) in [6.45, 7) is 6.21. The standard InChI is InChI=1S/C26H30ClN7O2S2/c1-29-16-4-5-17(22(27)21(16)25(35)33(2)10-11-36-3)38-20-14-30-19(13-31-20)34-8-6-26(7-9-34)12-18-23(24(26)28)32-15-37-18/h4-5,13-15,24H,1,6-12,28H2,2-3H3/t24-/m1/s1. The maximum absolute atomic E-state index is 13.1. The Morgan fingerprint density at radius 2 is 2.13 bits per heavy atom. The second-order valence-corrected chi connectivity index (χ2v) is 12.0. The van der Waals surface area contributed by atoms with Crippen LogP contribution in [0.4, 0.5) is 11.5 Å². The average molecular weight is 572 g/mol. The Hall–Kier alpha value is -2.57. The number of fused-ring (bicyclic) bond motifs is 1. The summed E-state index contributed by atoms with van der Waals surface area (Å²) in [5, 5.41) is 1.00. The number of thiazole rings is 1. The summed E-state index contributed by atoms with van der Waals surface area (Å²) < 4.78 is 5.09. The minimum atomic E-state index is -0.242. The van der Waals surface area contributed by atoms with Crippen molar-refractivity contribution in [3.8, 4) is 0 Å². The van der Waals surface area contributed by atoms with Crippen LogP contribution in [0.3, 0.4) is 0 Å². The van der Waals surface area contributed by atoms with E-state index in [-0.39, 0.29) is 17.4 Å². The summed E-state index contributed by atoms with van der Waals surface area (Å²) in [5.74, 6) is 0.602. The number of halogens is 1. The van der Waals surface area contributed by atoms with Crippen LogP contribution in [0.5, 0.6) is 0 Å². The third kappa shape index (κ3) is 5.05. The molecule has 3 aromatic rings. The van der Waals surface area contributed by atoms with Crippen molar-refractivity contribution < 1.29 is 9.53 Å². The SMILES string of the molecule is C=Nc1ccc(Sc2cnc(N3CCC4(CC3)Cc3scnc3[C@H]4N)cn2)c(Cl)c1C(=O)N(C)CCOC. The maximum atomic E-state index is 13.1. The molecule has 1 spiro atoms. The molecule has 1 saturated heterocycles. The van der Waals surface area contributed by atoms with Crippen molar-refractivity contribution in [1.29, 1.82) is 0 Å². The van der Waals surface area contributed by atoms with Gasteiger partial charge in [-0.05, 0) is 43.5 Å². The van der Waals surface area contributed by atoms with Crippen LogP contribution in [-0.2, 0) is 11.2 Å². The van der Waals surface area contributed by atoms with E-state index in [1.54, 1.807) is 48.9 Å². The van der Waals surface area contributed by atoms with Gasteiger partial charge in [0.25, 0.3) is 5.91 Å². The fourth-order valence-electron chi connectivity index (χ4n) is 5.17. The Balaban J connectivity index is 1.26. The summed E-state index contributed by atoms with van der Waals surface area (Å²) in [6, 6.07) is 3.58. The zero-order valence-electron chi connectivity index (χ0n) is 21.4. The summed E-state index contributed by atoms with van der Waals surface area (Å²) in [4.78, 5) is 36.8. The second-order valence-electron chi connectivity index (χ2n) is 9.63. The number of carbonyl (C=O) groups excluding carboxylic acids is 1. The minimum absolute atomic E-state index is 0.0136. The van der Waals surface area contributed by atoms with Gasteiger partial charge in [0, 0.05) is 43.6 Å². The number of amides is 1. The molecular weight excluding hydrogens is 542 g/mol. The van der Waals surface area contributed by atoms with E-state index in [0.29, 0.717) is 39.3 Å². The van der Waals surface area contributed by atoms with Crippen LogP contribution in [0.15, 0.2) is 45.0 Å². The lowest BCUT2D eigenvalue weighted by molar-refractivity contribution is 0.0745. The van der Waals surface area contributed by atoms with Crippen LogP contribution < -0.4 is 10.6 Å². The maximum Gasteiger partial charge on any atom is 0.257 e. The van der Waals surface area contributed by atoms with Crippen molar-refractivity contribution >= 4 is 58.8 Å². The van der Waals surface area contributed by atoms with Crippen molar-refractivity contribution in [2.45, 2.75) is 35.2 Å². The molecule has 0 unspecified atom stereocenters. The van der Waals surface area contributed by atoms with E-state index in [0.717, 1.165) is 43.9 Å². The molecule has 2 aromatic heterocycles. The lowest BCUT2D eigenvalue weighted by Gasteiger charge is -2.42. The number of rotatable bonds is 8. The molecule has 1 aromatic carbocycles. The fraction of sp³-hybridized carbons (Fsp3) is 0.423. The van der Waals surface area contributed by atoms with E-state index >= 15 is 0 Å². The fourth-order valence-corrected chi connectivity index (χ4v) is 7.26. The highest BCUT2D eigenvalue weighted by molar-refractivity contribution is 7.99. The molecule has 5 rings (SSSR count). The smallest absolute Gasteiger partial charge is 0.257 e. The van der Waals surface area contributed by atoms with Gasteiger partial charge in [0.2, 0.25) is 0 Å². The van der Waals surface area contributed by atoms with Gasteiger partial charge >= 0.3 is 0 Å². The molecule has 2 N–H and O–H groups in total. The molecule has 1 fully saturated rings. The van der Waals surface area contributed by atoms with Gasteiger partial charge in [-0.3, -0.25) is 9.79 Å². The Morgan fingerprint density at radius 3 is 2.79 bits per heavy atom. The minimum Gasteiger partial charge on any atom is -0.383 e. The van der Waals surface area contributed by atoms with Crippen molar-refractivity contribution in [2.24, 2.45) is 16.1 Å². The number of likely N-dealkylation sites (N-methyl/N-ethyl adjacent to an activating group) is 1. The van der Waals surface area contributed by atoms with E-state index in [4.69, 9.17) is 22.1 Å². The number of piperidine rings is 1. The first-order valence-electron chi connectivity index (χ1n) is 12.3. The third-order valence-electron chi connectivity index (χ3n) is 7.50. The summed E-state index contributed by atoms with van der Waals surface area (Å²) >= 11 is 9.78. The number of ether oxygens (including phenoxy) is 1. The number of methoxy groups -OCH3 is 1. The molecule has 12 heteroatoms. The molecule has 9 nitrogen and oxygen atoms in total. The van der Waals surface area contributed by atoms with Gasteiger partial charge in [0.1, 0.15) is 10.8 Å². The van der Waals surface area contributed by atoms with E-state index in [2.05, 4.69) is 31.6 Å². The van der Waals surface area contributed by atoms with Gasteiger partial charge in [-0.25, -0.2) is 15.0 Å².